The van der Waals surface area contributed by atoms with E-state index in [1.54, 1.807) is 0 Å². The Hall–Kier alpha value is -0.890. The molecule has 0 spiro atoms. The third kappa shape index (κ3) is 2.52. The fraction of sp³-hybridized carbons (Fsp3) is 0.273. The first-order valence-electron chi connectivity index (χ1n) is 4.29. The number of hydrogen-bond donors (Lipinski definition) is 2. The smallest absolute Gasteiger partial charge is 0.0417 e. The van der Waals surface area contributed by atoms with E-state index in [4.69, 9.17) is 5.73 Å². The van der Waals surface area contributed by atoms with Gasteiger partial charge in [0.25, 0.3) is 0 Å². The van der Waals surface area contributed by atoms with Gasteiger partial charge in [0.2, 0.25) is 0 Å². The zero-order valence-electron chi connectivity index (χ0n) is 8.04. The number of nitrogens with two attached hydrogens (primary N) is 1. The van der Waals surface area contributed by atoms with Crippen LogP contribution in [-0.2, 0) is 0 Å². The molecule has 0 aliphatic rings. The molecule has 0 unspecified atom stereocenters. The van der Waals surface area contributed by atoms with Gasteiger partial charge in [-0.25, -0.2) is 0 Å². The fourth-order valence-electron chi connectivity index (χ4n) is 1.33. The van der Waals surface area contributed by atoms with Gasteiger partial charge in [-0.15, -0.1) is 0 Å². The lowest BCUT2D eigenvalue weighted by Crippen LogP contribution is -1.94. The van der Waals surface area contributed by atoms with Crippen LogP contribution in [0.4, 0.5) is 5.69 Å². The molecule has 0 bridgehead atoms. The molecule has 0 atom stereocenters. The van der Waals surface area contributed by atoms with Crippen molar-refractivity contribution in [2.24, 2.45) is 0 Å². The van der Waals surface area contributed by atoms with E-state index in [9.17, 15) is 0 Å². The van der Waals surface area contributed by atoms with Gasteiger partial charge in [0.1, 0.15) is 0 Å². The second kappa shape index (κ2) is 4.38. The number of thiol groups is 1. The minimum Gasteiger partial charge on any atom is -0.398 e. The highest BCUT2D eigenvalue weighted by atomic mass is 32.1. The van der Waals surface area contributed by atoms with Crippen LogP contribution in [-0.4, -0.2) is 5.75 Å². The Kier molecular flexibility index (Phi) is 3.43. The minimum atomic E-state index is 0.742. The predicted octanol–water partition coefficient (Wildman–Crippen LogP) is 2.83. The average molecular weight is 193 g/mol. The predicted molar refractivity (Wildman–Crippen MR) is 63.2 cm³/mol. The topological polar surface area (TPSA) is 26.0 Å². The SMILES string of the molecule is Cc1cc(C)c(N)c(C=CCS)c1. The van der Waals surface area contributed by atoms with E-state index >= 15 is 0 Å². The summed E-state index contributed by atoms with van der Waals surface area (Å²) in [7, 11) is 0. The monoisotopic (exact) mass is 193 g/mol. The van der Waals surface area contributed by atoms with Crippen LogP contribution >= 0.6 is 12.6 Å². The van der Waals surface area contributed by atoms with Gasteiger partial charge in [-0.1, -0.05) is 23.8 Å². The lowest BCUT2D eigenvalue weighted by molar-refractivity contribution is 1.37. The summed E-state index contributed by atoms with van der Waals surface area (Å²) >= 11 is 4.11. The highest BCUT2D eigenvalue weighted by Crippen LogP contribution is 2.20. The first kappa shape index (κ1) is 10.2. The summed E-state index contributed by atoms with van der Waals surface area (Å²) in [6, 6.07) is 4.18. The Morgan fingerprint density at radius 3 is 2.69 bits per heavy atom. The van der Waals surface area contributed by atoms with E-state index in [1.165, 1.54) is 5.56 Å². The molecule has 2 N–H and O–H groups in total. The highest BCUT2D eigenvalue weighted by Gasteiger charge is 1.99. The van der Waals surface area contributed by atoms with Crippen LogP contribution in [0.3, 0.4) is 0 Å². The Morgan fingerprint density at radius 1 is 1.38 bits per heavy atom. The summed E-state index contributed by atoms with van der Waals surface area (Å²) in [4.78, 5) is 0. The van der Waals surface area contributed by atoms with Gasteiger partial charge in [-0.2, -0.15) is 12.6 Å². The van der Waals surface area contributed by atoms with Gasteiger partial charge in [0.15, 0.2) is 0 Å². The average Bonchev–Trinajstić information content (AvgIpc) is 2.09. The largest absolute Gasteiger partial charge is 0.398 e. The number of aryl methyl sites for hydroxylation is 2. The molecule has 0 aliphatic carbocycles. The summed E-state index contributed by atoms with van der Waals surface area (Å²) < 4.78 is 0. The van der Waals surface area contributed by atoms with Crippen LogP contribution in [0.25, 0.3) is 6.08 Å². The number of rotatable bonds is 2. The molecule has 2 heteroatoms. The Bertz CT molecular complexity index is 329. The quantitative estimate of drug-likeness (QED) is 0.548. The molecule has 1 aromatic rings. The van der Waals surface area contributed by atoms with Crippen molar-refractivity contribution in [1.29, 1.82) is 0 Å². The first-order chi connectivity index (χ1) is 6.15. The molecule has 1 rings (SSSR count). The van der Waals surface area contributed by atoms with Gasteiger partial charge in [-0.3, -0.25) is 0 Å². The van der Waals surface area contributed by atoms with Crippen LogP contribution in [0.15, 0.2) is 18.2 Å². The lowest BCUT2D eigenvalue weighted by atomic mass is 10.0. The molecule has 13 heavy (non-hydrogen) atoms. The van der Waals surface area contributed by atoms with Crippen molar-refractivity contribution in [2.75, 3.05) is 11.5 Å². The van der Waals surface area contributed by atoms with E-state index < -0.39 is 0 Å². The second-order valence-electron chi connectivity index (χ2n) is 3.17. The van der Waals surface area contributed by atoms with Gasteiger partial charge in [0, 0.05) is 11.4 Å². The van der Waals surface area contributed by atoms with Crippen molar-refractivity contribution in [3.63, 3.8) is 0 Å². The molecule has 1 nitrogen and oxygen atoms in total. The number of hydrogen-bond acceptors (Lipinski definition) is 2. The van der Waals surface area contributed by atoms with E-state index in [2.05, 4.69) is 31.7 Å². The third-order valence-electron chi connectivity index (χ3n) is 1.97. The molecular weight excluding hydrogens is 178 g/mol. The van der Waals surface area contributed by atoms with Crippen molar-refractivity contribution < 1.29 is 0 Å². The van der Waals surface area contributed by atoms with Crippen molar-refractivity contribution in [3.05, 3.63) is 34.9 Å². The molecule has 0 aliphatic heterocycles. The van der Waals surface area contributed by atoms with Crippen molar-refractivity contribution in [2.45, 2.75) is 13.8 Å². The Labute approximate surface area is 85.1 Å². The molecule has 0 radical (unpaired) electrons. The van der Waals surface area contributed by atoms with Crippen LogP contribution in [0, 0.1) is 13.8 Å². The summed E-state index contributed by atoms with van der Waals surface area (Å²) in [6.07, 6.45) is 4.01. The van der Waals surface area contributed by atoms with Gasteiger partial charge >= 0.3 is 0 Å². The highest BCUT2D eigenvalue weighted by molar-refractivity contribution is 7.80. The number of nitrogen functional groups attached to an aromatic ring is 1. The maximum Gasteiger partial charge on any atom is 0.0417 e. The minimum absolute atomic E-state index is 0.742. The van der Waals surface area contributed by atoms with Crippen molar-refractivity contribution in [3.8, 4) is 0 Å². The van der Waals surface area contributed by atoms with E-state index in [0.29, 0.717) is 0 Å². The molecule has 0 saturated heterocycles. The standard InChI is InChI=1S/C11H15NS/c1-8-6-9(2)11(12)10(7-8)4-3-5-13/h3-4,6-7,13H,5,12H2,1-2H3. The van der Waals surface area contributed by atoms with Gasteiger partial charge in [-0.05, 0) is 31.0 Å². The van der Waals surface area contributed by atoms with Crippen molar-refractivity contribution >= 4 is 24.4 Å². The molecule has 70 valence electrons. The van der Waals surface area contributed by atoms with E-state index in [1.807, 2.05) is 19.1 Å². The maximum atomic E-state index is 5.92. The second-order valence-corrected chi connectivity index (χ2v) is 3.53. The molecule has 0 amide bonds. The molecule has 0 heterocycles. The summed E-state index contributed by atoms with van der Waals surface area (Å²) in [6.45, 7) is 4.10. The number of benzene rings is 1. The molecule has 0 aromatic heterocycles. The zero-order valence-corrected chi connectivity index (χ0v) is 8.94. The molecule has 1 aromatic carbocycles. The lowest BCUT2D eigenvalue weighted by Gasteiger charge is -2.06. The Balaban J connectivity index is 3.12. The Morgan fingerprint density at radius 2 is 2.08 bits per heavy atom. The summed E-state index contributed by atoms with van der Waals surface area (Å²) in [5.74, 6) is 0.742. The van der Waals surface area contributed by atoms with E-state index in [-0.39, 0.29) is 0 Å². The van der Waals surface area contributed by atoms with Crippen LogP contribution in [0.1, 0.15) is 16.7 Å². The maximum absolute atomic E-state index is 5.92. The van der Waals surface area contributed by atoms with Crippen LogP contribution in [0.2, 0.25) is 0 Å². The third-order valence-corrected chi connectivity index (χ3v) is 2.18. The molecule has 0 fully saturated rings. The zero-order chi connectivity index (χ0) is 9.84. The first-order valence-corrected chi connectivity index (χ1v) is 4.92. The van der Waals surface area contributed by atoms with Gasteiger partial charge < -0.3 is 5.73 Å². The van der Waals surface area contributed by atoms with E-state index in [0.717, 1.165) is 22.6 Å². The molecule has 0 saturated carbocycles. The fourth-order valence-corrected chi connectivity index (χ4v) is 1.43. The van der Waals surface area contributed by atoms with Crippen LogP contribution in [0.5, 0.6) is 0 Å². The van der Waals surface area contributed by atoms with Crippen LogP contribution < -0.4 is 5.73 Å². The number of anilines is 1. The summed E-state index contributed by atoms with van der Waals surface area (Å²) in [5.41, 5.74) is 10.2. The van der Waals surface area contributed by atoms with Gasteiger partial charge in [0.05, 0.1) is 0 Å². The normalized spacial score (nSPS) is 11.0. The van der Waals surface area contributed by atoms with Crippen molar-refractivity contribution in [1.82, 2.24) is 0 Å². The molecular formula is C11H15NS. The summed E-state index contributed by atoms with van der Waals surface area (Å²) in [5, 5.41) is 0.